The van der Waals surface area contributed by atoms with Crippen molar-refractivity contribution in [2.45, 2.75) is 26.7 Å². The van der Waals surface area contributed by atoms with E-state index in [-0.39, 0.29) is 5.91 Å². The Labute approximate surface area is 116 Å². The molecular weight excluding hydrogens is 236 g/mol. The van der Waals surface area contributed by atoms with Gasteiger partial charge in [0.25, 0.3) is 5.91 Å². The van der Waals surface area contributed by atoms with Crippen LogP contribution in [0, 0.1) is 19.8 Å². The lowest BCUT2D eigenvalue weighted by Crippen LogP contribution is -2.40. The maximum atomic E-state index is 12.4. The Morgan fingerprint density at radius 3 is 2.53 bits per heavy atom. The van der Waals surface area contributed by atoms with Gasteiger partial charge in [0.1, 0.15) is 0 Å². The van der Waals surface area contributed by atoms with Crippen LogP contribution in [-0.2, 0) is 0 Å². The first kappa shape index (κ1) is 14.1. The molecule has 19 heavy (non-hydrogen) atoms. The summed E-state index contributed by atoms with van der Waals surface area (Å²) in [6.45, 7) is 6.97. The fourth-order valence-electron chi connectivity index (χ4n) is 2.69. The van der Waals surface area contributed by atoms with Crippen molar-refractivity contribution >= 4 is 5.91 Å². The standard InChI is InChI=1S/C16H24N2O/c1-12-4-5-15(10-13(12)2)16(19)18-8-6-14(7-9-18)11-17-3/h4-5,10,14,17H,6-9,11H2,1-3H3. The summed E-state index contributed by atoms with van der Waals surface area (Å²) < 4.78 is 0. The normalized spacial score (nSPS) is 16.7. The van der Waals surface area contributed by atoms with Crippen LogP contribution in [0.15, 0.2) is 18.2 Å². The summed E-state index contributed by atoms with van der Waals surface area (Å²) in [5.74, 6) is 0.903. The predicted octanol–water partition coefficient (Wildman–Crippen LogP) is 2.38. The summed E-state index contributed by atoms with van der Waals surface area (Å²) in [5, 5.41) is 3.22. The Morgan fingerprint density at radius 1 is 1.26 bits per heavy atom. The summed E-state index contributed by atoms with van der Waals surface area (Å²) in [6.07, 6.45) is 2.22. The highest BCUT2D eigenvalue weighted by Gasteiger charge is 2.23. The van der Waals surface area contributed by atoms with Gasteiger partial charge >= 0.3 is 0 Å². The van der Waals surface area contributed by atoms with Crippen molar-refractivity contribution in [3.05, 3.63) is 34.9 Å². The number of piperidine rings is 1. The van der Waals surface area contributed by atoms with E-state index in [0.29, 0.717) is 5.92 Å². The molecule has 1 aliphatic heterocycles. The molecule has 0 spiro atoms. The van der Waals surface area contributed by atoms with Gasteiger partial charge in [-0.25, -0.2) is 0 Å². The van der Waals surface area contributed by atoms with Gasteiger partial charge in [-0.05, 0) is 69.5 Å². The van der Waals surface area contributed by atoms with Crippen LogP contribution < -0.4 is 5.32 Å². The molecule has 0 saturated carbocycles. The molecule has 0 atom stereocenters. The van der Waals surface area contributed by atoms with Crippen molar-refractivity contribution in [2.75, 3.05) is 26.7 Å². The van der Waals surface area contributed by atoms with Crippen molar-refractivity contribution in [3.63, 3.8) is 0 Å². The van der Waals surface area contributed by atoms with Gasteiger partial charge in [-0.15, -0.1) is 0 Å². The Kier molecular flexibility index (Phi) is 4.59. The molecular formula is C16H24N2O. The van der Waals surface area contributed by atoms with Crippen LogP contribution in [0.5, 0.6) is 0 Å². The number of carbonyl (C=O) groups excluding carboxylic acids is 1. The molecule has 0 bridgehead atoms. The van der Waals surface area contributed by atoms with Gasteiger partial charge in [0.2, 0.25) is 0 Å². The first-order chi connectivity index (χ1) is 9.11. The van der Waals surface area contributed by atoms with E-state index >= 15 is 0 Å². The highest BCUT2D eigenvalue weighted by atomic mass is 16.2. The fourth-order valence-corrected chi connectivity index (χ4v) is 2.69. The Bertz CT molecular complexity index is 448. The van der Waals surface area contributed by atoms with E-state index in [9.17, 15) is 4.79 Å². The second-order valence-corrected chi connectivity index (χ2v) is 5.59. The molecule has 1 saturated heterocycles. The zero-order valence-corrected chi connectivity index (χ0v) is 12.2. The number of carbonyl (C=O) groups is 1. The molecule has 104 valence electrons. The highest BCUT2D eigenvalue weighted by molar-refractivity contribution is 5.94. The second kappa shape index (κ2) is 6.20. The minimum atomic E-state index is 0.186. The van der Waals surface area contributed by atoms with E-state index < -0.39 is 0 Å². The third-order valence-electron chi connectivity index (χ3n) is 4.15. The first-order valence-electron chi connectivity index (χ1n) is 7.13. The Hall–Kier alpha value is -1.35. The van der Waals surface area contributed by atoms with E-state index in [1.54, 1.807) is 0 Å². The minimum Gasteiger partial charge on any atom is -0.339 e. The third kappa shape index (κ3) is 3.35. The van der Waals surface area contributed by atoms with Crippen molar-refractivity contribution in [3.8, 4) is 0 Å². The number of likely N-dealkylation sites (tertiary alicyclic amines) is 1. The van der Waals surface area contributed by atoms with Gasteiger partial charge in [-0.1, -0.05) is 6.07 Å². The van der Waals surface area contributed by atoms with Crippen LogP contribution in [0.3, 0.4) is 0 Å². The van der Waals surface area contributed by atoms with Crippen molar-refractivity contribution < 1.29 is 4.79 Å². The molecule has 1 heterocycles. The van der Waals surface area contributed by atoms with E-state index in [4.69, 9.17) is 0 Å². The van der Waals surface area contributed by atoms with E-state index in [2.05, 4.69) is 19.2 Å². The maximum Gasteiger partial charge on any atom is 0.253 e. The number of benzene rings is 1. The fraction of sp³-hybridized carbons (Fsp3) is 0.562. The Morgan fingerprint density at radius 2 is 1.95 bits per heavy atom. The van der Waals surface area contributed by atoms with Gasteiger partial charge in [0.05, 0.1) is 0 Å². The van der Waals surface area contributed by atoms with Crippen LogP contribution in [0.1, 0.15) is 34.3 Å². The lowest BCUT2D eigenvalue weighted by molar-refractivity contribution is 0.0691. The highest BCUT2D eigenvalue weighted by Crippen LogP contribution is 2.19. The number of nitrogens with zero attached hydrogens (tertiary/aromatic N) is 1. The number of amides is 1. The molecule has 0 radical (unpaired) electrons. The van der Waals surface area contributed by atoms with E-state index in [0.717, 1.165) is 38.0 Å². The SMILES string of the molecule is CNCC1CCN(C(=O)c2ccc(C)c(C)c2)CC1. The largest absolute Gasteiger partial charge is 0.339 e. The quantitative estimate of drug-likeness (QED) is 0.905. The minimum absolute atomic E-state index is 0.186. The molecule has 1 aromatic rings. The van der Waals surface area contributed by atoms with Gasteiger partial charge in [0, 0.05) is 18.7 Å². The summed E-state index contributed by atoms with van der Waals surface area (Å²) in [5.41, 5.74) is 3.26. The molecule has 2 rings (SSSR count). The molecule has 1 aromatic carbocycles. The maximum absolute atomic E-state index is 12.4. The van der Waals surface area contributed by atoms with Gasteiger partial charge in [-0.3, -0.25) is 4.79 Å². The smallest absolute Gasteiger partial charge is 0.253 e. The van der Waals surface area contributed by atoms with Crippen molar-refractivity contribution in [1.82, 2.24) is 10.2 Å². The van der Waals surface area contributed by atoms with Crippen LogP contribution in [0.25, 0.3) is 0 Å². The van der Waals surface area contributed by atoms with Gasteiger partial charge in [-0.2, -0.15) is 0 Å². The zero-order valence-electron chi connectivity index (χ0n) is 12.2. The molecule has 1 aliphatic rings. The Balaban J connectivity index is 1.99. The summed E-state index contributed by atoms with van der Waals surface area (Å²) in [6, 6.07) is 6.00. The average molecular weight is 260 g/mol. The molecule has 0 unspecified atom stereocenters. The van der Waals surface area contributed by atoms with Crippen LogP contribution in [0.2, 0.25) is 0 Å². The molecule has 1 fully saturated rings. The summed E-state index contributed by atoms with van der Waals surface area (Å²) in [4.78, 5) is 14.4. The zero-order chi connectivity index (χ0) is 13.8. The summed E-state index contributed by atoms with van der Waals surface area (Å²) >= 11 is 0. The molecule has 1 N–H and O–H groups in total. The second-order valence-electron chi connectivity index (χ2n) is 5.59. The number of hydrogen-bond acceptors (Lipinski definition) is 2. The first-order valence-corrected chi connectivity index (χ1v) is 7.13. The topological polar surface area (TPSA) is 32.3 Å². The number of rotatable bonds is 3. The van der Waals surface area contributed by atoms with E-state index in [1.165, 1.54) is 11.1 Å². The third-order valence-corrected chi connectivity index (χ3v) is 4.15. The van der Waals surface area contributed by atoms with Crippen LogP contribution in [0.4, 0.5) is 0 Å². The molecule has 0 aromatic heterocycles. The van der Waals surface area contributed by atoms with E-state index in [1.807, 2.05) is 30.1 Å². The molecule has 3 nitrogen and oxygen atoms in total. The number of nitrogens with one attached hydrogen (secondary N) is 1. The molecule has 3 heteroatoms. The lowest BCUT2D eigenvalue weighted by Gasteiger charge is -2.32. The lowest BCUT2D eigenvalue weighted by atomic mass is 9.96. The van der Waals surface area contributed by atoms with Gasteiger partial charge in [0.15, 0.2) is 0 Å². The predicted molar refractivity (Wildman–Crippen MR) is 78.5 cm³/mol. The van der Waals surface area contributed by atoms with Crippen LogP contribution in [-0.4, -0.2) is 37.5 Å². The monoisotopic (exact) mass is 260 g/mol. The van der Waals surface area contributed by atoms with Crippen molar-refractivity contribution in [2.24, 2.45) is 5.92 Å². The van der Waals surface area contributed by atoms with Crippen LogP contribution >= 0.6 is 0 Å². The average Bonchev–Trinajstić information content (AvgIpc) is 2.42. The summed E-state index contributed by atoms with van der Waals surface area (Å²) in [7, 11) is 1.99. The van der Waals surface area contributed by atoms with Crippen molar-refractivity contribution in [1.29, 1.82) is 0 Å². The molecule has 0 aliphatic carbocycles. The molecule has 1 amide bonds. The number of hydrogen-bond donors (Lipinski definition) is 1. The van der Waals surface area contributed by atoms with Gasteiger partial charge < -0.3 is 10.2 Å². The number of aryl methyl sites for hydroxylation is 2.